The molecule has 0 heterocycles. The summed E-state index contributed by atoms with van der Waals surface area (Å²) in [6.45, 7) is 9.69. The molecule has 0 saturated carbocycles. The molecule has 0 aromatic heterocycles. The van der Waals surface area contributed by atoms with Gasteiger partial charge >= 0.3 is 5.97 Å². The molecule has 0 spiro atoms. The molecule has 4 nitrogen and oxygen atoms in total. The van der Waals surface area contributed by atoms with Crippen molar-refractivity contribution in [1.82, 2.24) is 0 Å². The minimum Gasteiger partial charge on any atom is -0.458 e. The summed E-state index contributed by atoms with van der Waals surface area (Å²) in [5, 5.41) is 0. The first-order valence-corrected chi connectivity index (χ1v) is 5.41. The van der Waals surface area contributed by atoms with Crippen LogP contribution in [0.3, 0.4) is 0 Å². The summed E-state index contributed by atoms with van der Waals surface area (Å²) < 4.78 is 5.21. The third-order valence-electron chi connectivity index (χ3n) is 1.52. The van der Waals surface area contributed by atoms with Crippen LogP contribution in [0.5, 0.6) is 0 Å². The van der Waals surface area contributed by atoms with Crippen LogP contribution >= 0.6 is 0 Å². The second kappa shape index (κ2) is 6.80. The van der Waals surface area contributed by atoms with E-state index in [1.54, 1.807) is 6.92 Å². The number of esters is 1. The van der Waals surface area contributed by atoms with Crippen LogP contribution < -0.4 is 0 Å². The molecule has 0 N–H and O–H groups in total. The number of ether oxygens (including phenoxy) is 1. The first kappa shape index (κ1) is 14.4. The molecule has 0 amide bonds. The van der Waals surface area contributed by atoms with Gasteiger partial charge in [-0.25, -0.2) is 14.6 Å². The molecule has 0 aliphatic carbocycles. The Kier molecular flexibility index (Phi) is 6.52. The molecule has 0 aliphatic rings. The molecule has 0 aliphatic heterocycles. The first-order valence-electron chi connectivity index (χ1n) is 5.41. The normalized spacial score (nSPS) is 13.7. The van der Waals surface area contributed by atoms with Gasteiger partial charge in [0.15, 0.2) is 6.10 Å². The van der Waals surface area contributed by atoms with E-state index < -0.39 is 11.7 Å². The van der Waals surface area contributed by atoms with Crippen molar-refractivity contribution in [2.24, 2.45) is 0 Å². The highest BCUT2D eigenvalue weighted by Crippen LogP contribution is 2.12. The molecule has 0 fully saturated rings. The van der Waals surface area contributed by atoms with Crippen molar-refractivity contribution >= 4 is 5.97 Å². The average molecular weight is 218 g/mol. The van der Waals surface area contributed by atoms with E-state index in [1.807, 2.05) is 27.7 Å². The molecule has 0 bridgehead atoms. The summed E-state index contributed by atoms with van der Waals surface area (Å²) in [7, 11) is 0. The van der Waals surface area contributed by atoms with E-state index in [1.165, 1.54) is 0 Å². The summed E-state index contributed by atoms with van der Waals surface area (Å²) in [5.41, 5.74) is -0.487. The van der Waals surface area contributed by atoms with Gasteiger partial charge in [-0.05, 0) is 34.1 Å². The van der Waals surface area contributed by atoms with E-state index in [2.05, 4.69) is 0 Å². The van der Waals surface area contributed by atoms with Crippen molar-refractivity contribution < 1.29 is 19.3 Å². The zero-order chi connectivity index (χ0) is 11.9. The van der Waals surface area contributed by atoms with Crippen molar-refractivity contribution in [3.8, 4) is 0 Å². The van der Waals surface area contributed by atoms with Gasteiger partial charge in [0.2, 0.25) is 0 Å². The fourth-order valence-electron chi connectivity index (χ4n) is 0.985. The smallest absolute Gasteiger partial charge is 0.339 e. The van der Waals surface area contributed by atoms with Crippen LogP contribution in [0.4, 0.5) is 0 Å². The molecule has 90 valence electrons. The van der Waals surface area contributed by atoms with Gasteiger partial charge in [-0.3, -0.25) is 0 Å². The van der Waals surface area contributed by atoms with Gasteiger partial charge in [-0.2, -0.15) is 0 Å². The number of carbonyl (C=O) groups is 1. The first-order chi connectivity index (χ1) is 6.90. The Hall–Kier alpha value is -0.610. The Morgan fingerprint density at radius 2 is 1.87 bits per heavy atom. The zero-order valence-electron chi connectivity index (χ0n) is 10.3. The van der Waals surface area contributed by atoms with E-state index in [4.69, 9.17) is 14.5 Å². The van der Waals surface area contributed by atoms with Crippen LogP contribution in [0.1, 0.15) is 47.5 Å². The fourth-order valence-corrected chi connectivity index (χ4v) is 0.985. The number of carbonyl (C=O) groups excluding carboxylic acids is 1. The summed E-state index contributed by atoms with van der Waals surface area (Å²) in [6, 6.07) is 0. The SMILES string of the molecule is CCCC(OOCC)C(=O)OC(C)(C)C. The Morgan fingerprint density at radius 1 is 1.27 bits per heavy atom. The van der Waals surface area contributed by atoms with Gasteiger partial charge in [0.25, 0.3) is 0 Å². The van der Waals surface area contributed by atoms with Gasteiger partial charge < -0.3 is 4.74 Å². The van der Waals surface area contributed by atoms with Crippen molar-refractivity contribution in [2.45, 2.75) is 59.2 Å². The van der Waals surface area contributed by atoms with E-state index in [9.17, 15) is 4.79 Å². The van der Waals surface area contributed by atoms with Gasteiger partial charge in [-0.15, -0.1) is 0 Å². The Morgan fingerprint density at radius 3 is 2.27 bits per heavy atom. The minimum atomic E-state index is -0.617. The molecule has 15 heavy (non-hydrogen) atoms. The van der Waals surface area contributed by atoms with Crippen molar-refractivity contribution in [1.29, 1.82) is 0 Å². The van der Waals surface area contributed by atoms with Gasteiger partial charge in [0, 0.05) is 0 Å². The summed E-state index contributed by atoms with van der Waals surface area (Å²) in [6.07, 6.45) is 0.834. The Balaban J connectivity index is 4.15. The van der Waals surface area contributed by atoms with Crippen molar-refractivity contribution in [3.05, 3.63) is 0 Å². The quantitative estimate of drug-likeness (QED) is 0.390. The molecule has 4 heteroatoms. The van der Waals surface area contributed by atoms with Crippen LogP contribution in [0.15, 0.2) is 0 Å². The second-order valence-corrected chi connectivity index (χ2v) is 4.31. The maximum Gasteiger partial charge on any atom is 0.339 e. The lowest BCUT2D eigenvalue weighted by molar-refractivity contribution is -0.320. The van der Waals surface area contributed by atoms with Crippen molar-refractivity contribution in [2.75, 3.05) is 6.61 Å². The van der Waals surface area contributed by atoms with Crippen LogP contribution in [0.25, 0.3) is 0 Å². The molecule has 1 atom stereocenters. The molecular formula is C11H22O4. The van der Waals surface area contributed by atoms with Crippen LogP contribution in [-0.4, -0.2) is 24.3 Å². The third-order valence-corrected chi connectivity index (χ3v) is 1.52. The maximum atomic E-state index is 11.6. The molecular weight excluding hydrogens is 196 g/mol. The molecule has 1 unspecified atom stereocenters. The second-order valence-electron chi connectivity index (χ2n) is 4.31. The fraction of sp³-hybridized carbons (Fsp3) is 0.909. The maximum absolute atomic E-state index is 11.6. The molecule has 0 rings (SSSR count). The minimum absolute atomic E-state index is 0.363. The van der Waals surface area contributed by atoms with Gasteiger partial charge in [0.05, 0.1) is 6.61 Å². The molecule has 0 radical (unpaired) electrons. The monoisotopic (exact) mass is 218 g/mol. The predicted molar refractivity (Wildman–Crippen MR) is 57.3 cm³/mol. The standard InChI is InChI=1S/C11H22O4/c1-6-8-9(15-13-7-2)10(12)14-11(3,4)5/h9H,6-8H2,1-5H3. The largest absolute Gasteiger partial charge is 0.458 e. The topological polar surface area (TPSA) is 44.8 Å². The summed E-state index contributed by atoms with van der Waals surface area (Å²) in [5.74, 6) is -0.363. The highest BCUT2D eigenvalue weighted by molar-refractivity contribution is 5.74. The number of hydrogen-bond donors (Lipinski definition) is 0. The van der Waals surface area contributed by atoms with Gasteiger partial charge in [0.1, 0.15) is 5.60 Å². The van der Waals surface area contributed by atoms with E-state index >= 15 is 0 Å². The number of rotatable bonds is 6. The highest BCUT2D eigenvalue weighted by Gasteiger charge is 2.26. The highest BCUT2D eigenvalue weighted by atomic mass is 17.2. The summed E-state index contributed by atoms with van der Waals surface area (Å²) >= 11 is 0. The van der Waals surface area contributed by atoms with E-state index in [0.717, 1.165) is 6.42 Å². The third kappa shape index (κ3) is 7.33. The number of hydrogen-bond acceptors (Lipinski definition) is 4. The van der Waals surface area contributed by atoms with Crippen LogP contribution in [0, 0.1) is 0 Å². The van der Waals surface area contributed by atoms with Crippen molar-refractivity contribution in [3.63, 3.8) is 0 Å². The van der Waals surface area contributed by atoms with E-state index in [0.29, 0.717) is 13.0 Å². The zero-order valence-corrected chi connectivity index (χ0v) is 10.3. The molecule has 0 aromatic rings. The summed E-state index contributed by atoms with van der Waals surface area (Å²) in [4.78, 5) is 21.4. The Labute approximate surface area is 91.8 Å². The average Bonchev–Trinajstić information content (AvgIpc) is 2.09. The Bertz CT molecular complexity index is 184. The van der Waals surface area contributed by atoms with Gasteiger partial charge in [-0.1, -0.05) is 13.3 Å². The van der Waals surface area contributed by atoms with E-state index in [-0.39, 0.29) is 5.97 Å². The molecule has 0 aromatic carbocycles. The van der Waals surface area contributed by atoms with Crippen LogP contribution in [0.2, 0.25) is 0 Å². The lowest BCUT2D eigenvalue weighted by atomic mass is 10.1. The predicted octanol–water partition coefficient (Wildman–Crippen LogP) is 2.46. The lowest BCUT2D eigenvalue weighted by Gasteiger charge is -2.23. The lowest BCUT2D eigenvalue weighted by Crippen LogP contribution is -2.33. The molecule has 0 saturated heterocycles. The van der Waals surface area contributed by atoms with Crippen LogP contribution in [-0.2, 0) is 19.3 Å².